The van der Waals surface area contributed by atoms with E-state index >= 15 is 0 Å². The van der Waals surface area contributed by atoms with Gasteiger partial charge in [-0.05, 0) is 18.2 Å². The van der Waals surface area contributed by atoms with Crippen LogP contribution in [0.5, 0.6) is 0 Å². The fourth-order valence-corrected chi connectivity index (χ4v) is 0.675. The first-order valence-electron chi connectivity index (χ1n) is 2.81. The topological polar surface area (TPSA) is 54.4 Å². The lowest BCUT2D eigenvalue weighted by atomic mass is 10.1. The van der Waals surface area contributed by atoms with E-state index in [1.54, 1.807) is 0 Å². The molecule has 1 atom stereocenters. The predicted octanol–water partition coefficient (Wildman–Crippen LogP) is -0.389. The molecular formula is C7H6O3. The summed E-state index contributed by atoms with van der Waals surface area (Å²) in [5, 5.41) is 8.84. The number of allylic oxidation sites excluding steroid dienone is 2. The molecule has 0 aromatic rings. The number of aliphatic hydroxyl groups is 1. The Morgan fingerprint density at radius 2 is 2.20 bits per heavy atom. The zero-order valence-electron chi connectivity index (χ0n) is 5.15. The molecule has 0 aliphatic heterocycles. The molecule has 1 unspecified atom stereocenters. The maximum Gasteiger partial charge on any atom is 0.188 e. The van der Waals surface area contributed by atoms with Crippen molar-refractivity contribution < 1.29 is 14.7 Å². The molecule has 3 heteroatoms. The third-order valence-electron chi connectivity index (χ3n) is 1.22. The van der Waals surface area contributed by atoms with Crippen LogP contribution in [0.3, 0.4) is 0 Å². The van der Waals surface area contributed by atoms with Gasteiger partial charge in [-0.25, -0.2) is 0 Å². The summed E-state index contributed by atoms with van der Waals surface area (Å²) in [4.78, 5) is 20.6. The summed E-state index contributed by atoms with van der Waals surface area (Å²) in [7, 11) is 0. The number of ketones is 1. The molecular weight excluding hydrogens is 132 g/mol. The van der Waals surface area contributed by atoms with Gasteiger partial charge in [0.2, 0.25) is 0 Å². The van der Waals surface area contributed by atoms with E-state index in [-0.39, 0.29) is 5.78 Å². The Hall–Kier alpha value is -1.22. The highest BCUT2D eigenvalue weighted by molar-refractivity contribution is 5.99. The predicted molar refractivity (Wildman–Crippen MR) is 34.3 cm³/mol. The van der Waals surface area contributed by atoms with Crippen LogP contribution in [0, 0.1) is 0 Å². The van der Waals surface area contributed by atoms with Crippen molar-refractivity contribution in [3.63, 3.8) is 0 Å². The highest BCUT2D eigenvalue weighted by atomic mass is 16.3. The van der Waals surface area contributed by atoms with Gasteiger partial charge in [0.1, 0.15) is 12.4 Å². The molecule has 52 valence electrons. The van der Waals surface area contributed by atoms with E-state index in [1.807, 2.05) is 0 Å². The van der Waals surface area contributed by atoms with Crippen LogP contribution in [0.15, 0.2) is 23.8 Å². The lowest BCUT2D eigenvalue weighted by molar-refractivity contribution is -0.120. The molecule has 3 nitrogen and oxygen atoms in total. The summed E-state index contributed by atoms with van der Waals surface area (Å²) in [5.41, 5.74) is 0.340. The molecule has 0 bridgehead atoms. The Balaban J connectivity index is 2.85. The Morgan fingerprint density at radius 1 is 1.50 bits per heavy atom. The first-order chi connectivity index (χ1) is 4.74. The second kappa shape index (κ2) is 2.58. The first-order valence-corrected chi connectivity index (χ1v) is 2.81. The van der Waals surface area contributed by atoms with Crippen LogP contribution in [0.1, 0.15) is 0 Å². The van der Waals surface area contributed by atoms with Crippen molar-refractivity contribution in [3.05, 3.63) is 23.8 Å². The lowest BCUT2D eigenvalue weighted by Crippen LogP contribution is -2.18. The summed E-state index contributed by atoms with van der Waals surface area (Å²) < 4.78 is 0. The van der Waals surface area contributed by atoms with Crippen molar-refractivity contribution in [2.24, 2.45) is 0 Å². The van der Waals surface area contributed by atoms with Crippen LogP contribution in [-0.4, -0.2) is 23.3 Å². The smallest absolute Gasteiger partial charge is 0.188 e. The van der Waals surface area contributed by atoms with Crippen LogP contribution in [0.4, 0.5) is 0 Å². The number of aliphatic hydroxyl groups excluding tert-OH is 1. The average molecular weight is 138 g/mol. The lowest BCUT2D eigenvalue weighted by Gasteiger charge is -2.04. The zero-order valence-corrected chi connectivity index (χ0v) is 5.15. The largest absolute Gasteiger partial charge is 0.381 e. The maximum absolute atomic E-state index is 10.6. The number of hydrogen-bond acceptors (Lipinski definition) is 3. The molecule has 1 N–H and O–H groups in total. The van der Waals surface area contributed by atoms with Gasteiger partial charge >= 0.3 is 0 Å². The van der Waals surface area contributed by atoms with Gasteiger partial charge in [-0.1, -0.05) is 0 Å². The van der Waals surface area contributed by atoms with E-state index in [9.17, 15) is 9.59 Å². The Kier molecular flexibility index (Phi) is 1.78. The van der Waals surface area contributed by atoms with Crippen LogP contribution < -0.4 is 0 Å². The van der Waals surface area contributed by atoms with Gasteiger partial charge in [0, 0.05) is 5.57 Å². The number of aldehydes is 1. The second-order valence-corrected chi connectivity index (χ2v) is 1.97. The van der Waals surface area contributed by atoms with E-state index in [2.05, 4.69) is 0 Å². The first kappa shape index (κ1) is 6.89. The summed E-state index contributed by atoms with van der Waals surface area (Å²) in [5.74, 6) is -0.384. The van der Waals surface area contributed by atoms with Crippen molar-refractivity contribution in [1.82, 2.24) is 0 Å². The highest BCUT2D eigenvalue weighted by Gasteiger charge is 2.13. The van der Waals surface area contributed by atoms with Gasteiger partial charge in [0.25, 0.3) is 0 Å². The van der Waals surface area contributed by atoms with Crippen molar-refractivity contribution in [2.75, 3.05) is 0 Å². The molecule has 0 aromatic heterocycles. The van der Waals surface area contributed by atoms with Gasteiger partial charge in [-0.15, -0.1) is 0 Å². The van der Waals surface area contributed by atoms with Gasteiger partial charge in [0.15, 0.2) is 5.78 Å². The Labute approximate surface area is 57.7 Å². The number of carbonyl (C=O) groups excluding carboxylic acids is 2. The number of hydrogen-bond donors (Lipinski definition) is 1. The number of rotatable bonds is 1. The standard InChI is InChI=1S/C7H6O3/c8-4-5-1-2-6(9)7(10)3-5/h1-4,7,10H. The molecule has 0 spiro atoms. The fraction of sp³-hybridized carbons (Fsp3) is 0.143. The molecule has 0 saturated heterocycles. The Bertz CT molecular complexity index is 225. The van der Waals surface area contributed by atoms with E-state index in [4.69, 9.17) is 5.11 Å². The minimum absolute atomic E-state index is 0.340. The average Bonchev–Trinajstić information content (AvgIpc) is 1.95. The number of carbonyl (C=O) groups is 2. The third-order valence-corrected chi connectivity index (χ3v) is 1.22. The summed E-state index contributed by atoms with van der Waals surface area (Å²) in [6.07, 6.45) is 3.24. The summed E-state index contributed by atoms with van der Waals surface area (Å²) in [6, 6.07) is 0. The molecule has 0 saturated carbocycles. The van der Waals surface area contributed by atoms with Crippen molar-refractivity contribution in [1.29, 1.82) is 0 Å². The summed E-state index contributed by atoms with van der Waals surface area (Å²) >= 11 is 0. The van der Waals surface area contributed by atoms with Crippen molar-refractivity contribution >= 4 is 12.1 Å². The Morgan fingerprint density at radius 3 is 2.70 bits per heavy atom. The molecule has 0 aromatic carbocycles. The molecule has 0 fully saturated rings. The van der Waals surface area contributed by atoms with Gasteiger partial charge < -0.3 is 5.11 Å². The second-order valence-electron chi connectivity index (χ2n) is 1.97. The third kappa shape index (κ3) is 1.19. The quantitative estimate of drug-likeness (QED) is 0.502. The highest BCUT2D eigenvalue weighted by Crippen LogP contribution is 2.04. The maximum atomic E-state index is 10.6. The molecule has 1 aliphatic rings. The van der Waals surface area contributed by atoms with Crippen LogP contribution in [0.2, 0.25) is 0 Å². The SMILES string of the molecule is O=CC1=CC(O)C(=O)C=C1. The van der Waals surface area contributed by atoms with E-state index in [0.29, 0.717) is 11.9 Å². The van der Waals surface area contributed by atoms with Crippen molar-refractivity contribution in [3.8, 4) is 0 Å². The van der Waals surface area contributed by atoms with Crippen LogP contribution >= 0.6 is 0 Å². The molecule has 1 rings (SSSR count). The minimum atomic E-state index is -1.13. The fourth-order valence-electron chi connectivity index (χ4n) is 0.675. The minimum Gasteiger partial charge on any atom is -0.381 e. The molecule has 0 radical (unpaired) electrons. The van der Waals surface area contributed by atoms with Gasteiger partial charge in [-0.2, -0.15) is 0 Å². The van der Waals surface area contributed by atoms with E-state index in [0.717, 1.165) is 0 Å². The van der Waals surface area contributed by atoms with Crippen LogP contribution in [-0.2, 0) is 9.59 Å². The van der Waals surface area contributed by atoms with E-state index in [1.165, 1.54) is 18.2 Å². The van der Waals surface area contributed by atoms with E-state index < -0.39 is 6.10 Å². The zero-order chi connectivity index (χ0) is 7.56. The van der Waals surface area contributed by atoms with Crippen molar-refractivity contribution in [2.45, 2.75) is 6.10 Å². The van der Waals surface area contributed by atoms with Gasteiger partial charge in [-0.3, -0.25) is 9.59 Å². The molecule has 0 heterocycles. The monoisotopic (exact) mass is 138 g/mol. The summed E-state index contributed by atoms with van der Waals surface area (Å²) in [6.45, 7) is 0. The van der Waals surface area contributed by atoms with Crippen LogP contribution in [0.25, 0.3) is 0 Å². The van der Waals surface area contributed by atoms with Gasteiger partial charge in [0.05, 0.1) is 0 Å². The molecule has 10 heavy (non-hydrogen) atoms. The normalized spacial score (nSPS) is 24.3. The molecule has 1 aliphatic carbocycles. The molecule has 0 amide bonds.